The minimum absolute atomic E-state index is 0.0898. The lowest BCUT2D eigenvalue weighted by atomic mass is 10.2. The average Bonchev–Trinajstić information content (AvgIpc) is 2.72. The van der Waals surface area contributed by atoms with Crippen LogP contribution in [0.15, 0.2) is 60.8 Å². The van der Waals surface area contributed by atoms with Crippen molar-refractivity contribution in [1.82, 2.24) is 4.98 Å². The first kappa shape index (κ1) is 19.9. The molecule has 0 fully saturated rings. The first-order chi connectivity index (χ1) is 14.0. The third-order valence-corrected chi connectivity index (χ3v) is 3.86. The summed E-state index contributed by atoms with van der Waals surface area (Å²) in [5.41, 5.74) is 0.462. The van der Waals surface area contributed by atoms with Crippen LogP contribution in [-0.4, -0.2) is 23.4 Å². The lowest BCUT2D eigenvalue weighted by Crippen LogP contribution is -2.17. The van der Waals surface area contributed by atoms with E-state index in [0.29, 0.717) is 24.1 Å². The van der Waals surface area contributed by atoms with Crippen molar-refractivity contribution in [2.24, 2.45) is 0 Å². The highest BCUT2D eigenvalue weighted by Gasteiger charge is 2.14. The van der Waals surface area contributed by atoms with Crippen LogP contribution in [0, 0.1) is 11.6 Å². The molecule has 0 aliphatic rings. The Hall–Kier alpha value is -3.81. The molecule has 148 valence electrons. The van der Waals surface area contributed by atoms with Crippen molar-refractivity contribution in [3.8, 4) is 5.75 Å². The summed E-state index contributed by atoms with van der Waals surface area (Å²) in [7, 11) is 0. The van der Waals surface area contributed by atoms with Gasteiger partial charge in [0.1, 0.15) is 23.1 Å². The molecule has 1 heterocycles. The summed E-state index contributed by atoms with van der Waals surface area (Å²) >= 11 is 0. The maximum Gasteiger partial charge on any atom is 0.274 e. The van der Waals surface area contributed by atoms with E-state index >= 15 is 0 Å². The Morgan fingerprint density at radius 1 is 0.966 bits per heavy atom. The first-order valence-corrected chi connectivity index (χ1v) is 8.73. The number of halogens is 2. The molecule has 2 aromatic carbocycles. The van der Waals surface area contributed by atoms with Crippen molar-refractivity contribution >= 4 is 23.2 Å². The molecule has 0 aliphatic carbocycles. The van der Waals surface area contributed by atoms with Crippen LogP contribution in [0.3, 0.4) is 0 Å². The molecule has 0 radical (unpaired) electrons. The lowest BCUT2D eigenvalue weighted by molar-refractivity contribution is 0.102. The van der Waals surface area contributed by atoms with Gasteiger partial charge < -0.3 is 15.4 Å². The van der Waals surface area contributed by atoms with E-state index in [4.69, 9.17) is 4.74 Å². The average molecular weight is 397 g/mol. The maximum atomic E-state index is 13.7. The van der Waals surface area contributed by atoms with Crippen molar-refractivity contribution in [1.29, 1.82) is 0 Å². The maximum absolute atomic E-state index is 13.7. The Kier molecular flexibility index (Phi) is 6.13. The van der Waals surface area contributed by atoms with E-state index in [1.165, 1.54) is 18.3 Å². The van der Waals surface area contributed by atoms with E-state index in [0.717, 1.165) is 12.1 Å². The summed E-state index contributed by atoms with van der Waals surface area (Å²) < 4.78 is 32.0. The number of hydrogen-bond donors (Lipinski definition) is 2. The predicted octanol–water partition coefficient (Wildman–Crippen LogP) is 4.26. The molecule has 0 aliphatic heterocycles. The van der Waals surface area contributed by atoms with E-state index in [1.807, 2.05) is 6.92 Å². The molecule has 8 heteroatoms. The van der Waals surface area contributed by atoms with E-state index in [9.17, 15) is 18.4 Å². The lowest BCUT2D eigenvalue weighted by Gasteiger charge is -2.09. The number of benzene rings is 2. The summed E-state index contributed by atoms with van der Waals surface area (Å²) in [5, 5.41) is 5.00. The number of pyridine rings is 1. The molecule has 0 saturated heterocycles. The third-order valence-electron chi connectivity index (χ3n) is 3.86. The van der Waals surface area contributed by atoms with Gasteiger partial charge in [0.15, 0.2) is 0 Å². The minimum Gasteiger partial charge on any atom is -0.494 e. The Balaban J connectivity index is 1.70. The smallest absolute Gasteiger partial charge is 0.274 e. The monoisotopic (exact) mass is 397 g/mol. The third kappa shape index (κ3) is 5.13. The Bertz CT molecular complexity index is 1040. The highest BCUT2D eigenvalue weighted by atomic mass is 19.1. The number of aromatic nitrogens is 1. The number of ether oxygens (including phenoxy) is 1. The molecule has 0 saturated carbocycles. The SMILES string of the molecule is CCOc1ccc(NC(=O)c2ccnc(C(=O)Nc3ccc(F)cc3F)c2)cc1. The van der Waals surface area contributed by atoms with Crippen LogP contribution in [0.25, 0.3) is 0 Å². The summed E-state index contributed by atoms with van der Waals surface area (Å²) in [6.07, 6.45) is 1.29. The van der Waals surface area contributed by atoms with E-state index in [2.05, 4.69) is 15.6 Å². The van der Waals surface area contributed by atoms with Crippen molar-refractivity contribution in [2.75, 3.05) is 17.2 Å². The standard InChI is InChI=1S/C21H17F2N3O3/c1-2-29-16-6-4-15(5-7-16)25-20(27)13-9-10-24-19(11-13)21(28)26-18-8-3-14(22)12-17(18)23/h3-12H,2H2,1H3,(H,25,27)(H,26,28). The van der Waals surface area contributed by atoms with Gasteiger partial charge in [-0.15, -0.1) is 0 Å². The molecule has 0 bridgehead atoms. The van der Waals surface area contributed by atoms with Gasteiger partial charge in [0.2, 0.25) is 0 Å². The summed E-state index contributed by atoms with van der Waals surface area (Å²) in [5.74, 6) is -2.17. The molecule has 6 nitrogen and oxygen atoms in total. The number of amides is 2. The summed E-state index contributed by atoms with van der Waals surface area (Å²) in [6, 6.07) is 12.3. The van der Waals surface area contributed by atoms with Gasteiger partial charge in [0.25, 0.3) is 11.8 Å². The second kappa shape index (κ2) is 8.92. The number of hydrogen-bond acceptors (Lipinski definition) is 4. The van der Waals surface area contributed by atoms with Crippen LogP contribution >= 0.6 is 0 Å². The number of carbonyl (C=O) groups excluding carboxylic acids is 2. The Morgan fingerprint density at radius 2 is 1.72 bits per heavy atom. The van der Waals surface area contributed by atoms with E-state index in [1.54, 1.807) is 24.3 Å². The number of anilines is 2. The van der Waals surface area contributed by atoms with E-state index in [-0.39, 0.29) is 16.9 Å². The highest BCUT2D eigenvalue weighted by molar-refractivity contribution is 6.07. The van der Waals surface area contributed by atoms with Crippen LogP contribution in [0.2, 0.25) is 0 Å². The number of nitrogens with zero attached hydrogens (tertiary/aromatic N) is 1. The molecule has 2 amide bonds. The fourth-order valence-electron chi connectivity index (χ4n) is 2.48. The molecule has 29 heavy (non-hydrogen) atoms. The zero-order valence-electron chi connectivity index (χ0n) is 15.4. The van der Waals surface area contributed by atoms with Gasteiger partial charge in [0.05, 0.1) is 12.3 Å². The van der Waals surface area contributed by atoms with Crippen LogP contribution in [0.1, 0.15) is 27.8 Å². The van der Waals surface area contributed by atoms with Gasteiger partial charge in [0, 0.05) is 23.5 Å². The number of nitrogens with one attached hydrogen (secondary N) is 2. The zero-order valence-corrected chi connectivity index (χ0v) is 15.4. The van der Waals surface area contributed by atoms with Crippen LogP contribution < -0.4 is 15.4 Å². The largest absolute Gasteiger partial charge is 0.494 e. The second-order valence-corrected chi connectivity index (χ2v) is 5.92. The van der Waals surface area contributed by atoms with Crippen molar-refractivity contribution in [2.45, 2.75) is 6.92 Å². The highest BCUT2D eigenvalue weighted by Crippen LogP contribution is 2.18. The topological polar surface area (TPSA) is 80.3 Å². The quantitative estimate of drug-likeness (QED) is 0.651. The molecule has 1 aromatic heterocycles. The molecule has 0 spiro atoms. The van der Waals surface area contributed by atoms with Crippen molar-refractivity contribution < 1.29 is 23.1 Å². The summed E-state index contributed by atoms with van der Waals surface area (Å²) in [4.78, 5) is 28.6. The van der Waals surface area contributed by atoms with Gasteiger partial charge >= 0.3 is 0 Å². The van der Waals surface area contributed by atoms with Crippen LogP contribution in [0.4, 0.5) is 20.2 Å². The van der Waals surface area contributed by atoms with E-state index < -0.39 is 23.4 Å². The number of rotatable bonds is 6. The molecule has 3 rings (SSSR count). The normalized spacial score (nSPS) is 10.3. The van der Waals surface area contributed by atoms with Gasteiger partial charge in [-0.25, -0.2) is 8.78 Å². The van der Waals surface area contributed by atoms with Gasteiger partial charge in [-0.1, -0.05) is 0 Å². The Morgan fingerprint density at radius 3 is 2.41 bits per heavy atom. The molecular formula is C21H17F2N3O3. The fraction of sp³-hybridized carbons (Fsp3) is 0.0952. The molecular weight excluding hydrogens is 380 g/mol. The van der Waals surface area contributed by atoms with Gasteiger partial charge in [-0.3, -0.25) is 14.6 Å². The molecule has 2 N–H and O–H groups in total. The van der Waals surface area contributed by atoms with Crippen molar-refractivity contribution in [3.05, 3.63) is 83.7 Å². The molecule has 0 unspecified atom stereocenters. The predicted molar refractivity (Wildman–Crippen MR) is 104 cm³/mol. The number of carbonyl (C=O) groups is 2. The minimum atomic E-state index is -0.914. The van der Waals surface area contributed by atoms with Crippen LogP contribution in [-0.2, 0) is 0 Å². The summed E-state index contributed by atoms with van der Waals surface area (Å²) in [6.45, 7) is 2.41. The first-order valence-electron chi connectivity index (χ1n) is 8.73. The Labute approximate surface area is 165 Å². The zero-order chi connectivity index (χ0) is 20.8. The fourth-order valence-corrected chi connectivity index (χ4v) is 2.48. The van der Waals surface area contributed by atoms with Crippen LogP contribution in [0.5, 0.6) is 5.75 Å². The van der Waals surface area contributed by atoms with Crippen molar-refractivity contribution in [3.63, 3.8) is 0 Å². The van der Waals surface area contributed by atoms with Gasteiger partial charge in [-0.2, -0.15) is 0 Å². The molecule has 3 aromatic rings. The molecule has 0 atom stereocenters. The van der Waals surface area contributed by atoms with Gasteiger partial charge in [-0.05, 0) is 55.5 Å². The second-order valence-electron chi connectivity index (χ2n) is 5.92.